The summed E-state index contributed by atoms with van der Waals surface area (Å²) in [5, 5.41) is 9.59. The highest BCUT2D eigenvalue weighted by Crippen LogP contribution is 2.54. The number of hydrogen-bond acceptors (Lipinski definition) is 4. The first-order chi connectivity index (χ1) is 16.4. The molecule has 2 fully saturated rings. The van der Waals surface area contributed by atoms with Crippen molar-refractivity contribution in [3.63, 3.8) is 0 Å². The number of ether oxygens (including phenoxy) is 1. The molecule has 3 aliphatic rings. The van der Waals surface area contributed by atoms with Crippen LogP contribution >= 0.6 is 11.6 Å². The number of aliphatic carboxylic acids is 1. The smallest absolute Gasteiger partial charge is 0.414 e. The second-order valence-corrected chi connectivity index (χ2v) is 9.73. The maximum absolute atomic E-state index is 13.3. The van der Waals surface area contributed by atoms with E-state index in [4.69, 9.17) is 21.4 Å². The fourth-order valence-electron chi connectivity index (χ4n) is 5.24. The molecule has 1 heterocycles. The third-order valence-corrected chi connectivity index (χ3v) is 7.32. The predicted molar refractivity (Wildman–Crippen MR) is 127 cm³/mol. The normalized spacial score (nSPS) is 22.7. The maximum atomic E-state index is 13.3. The van der Waals surface area contributed by atoms with Crippen molar-refractivity contribution in [2.45, 2.75) is 63.3 Å². The largest absolute Gasteiger partial charge is 0.481 e. The molecule has 1 N–H and O–H groups in total. The standard InChI is InChI=1S/C26H27ClN2O5/c27-17-6-9-20-22(14-17)29(26(33)34-15-16-4-2-1-3-5-16)21-11-10-19(21)25(20)28(18-7-8-18)23(30)12-13-24(31)32/h1-6,9,14,18-19,21,25H,7-8,10-13,15H2,(H,31,32). The summed E-state index contributed by atoms with van der Waals surface area (Å²) in [6.45, 7) is 0.175. The molecule has 0 spiro atoms. The van der Waals surface area contributed by atoms with Crippen molar-refractivity contribution in [2.24, 2.45) is 5.92 Å². The summed E-state index contributed by atoms with van der Waals surface area (Å²) < 4.78 is 5.68. The van der Waals surface area contributed by atoms with Gasteiger partial charge in [-0.25, -0.2) is 4.79 Å². The monoisotopic (exact) mass is 482 g/mol. The van der Waals surface area contributed by atoms with Crippen molar-refractivity contribution >= 4 is 35.3 Å². The Morgan fingerprint density at radius 1 is 1.03 bits per heavy atom. The van der Waals surface area contributed by atoms with Crippen LogP contribution in [-0.4, -0.2) is 40.1 Å². The summed E-state index contributed by atoms with van der Waals surface area (Å²) in [6.07, 6.45) is 2.90. The third-order valence-electron chi connectivity index (χ3n) is 7.08. The molecule has 3 unspecified atom stereocenters. The van der Waals surface area contributed by atoms with Gasteiger partial charge < -0.3 is 14.7 Å². The van der Waals surface area contributed by atoms with E-state index in [9.17, 15) is 14.4 Å². The number of amides is 2. The van der Waals surface area contributed by atoms with E-state index >= 15 is 0 Å². The number of fused-ring (bicyclic) bond motifs is 2. The molecule has 0 saturated heterocycles. The second kappa shape index (κ2) is 9.29. The van der Waals surface area contributed by atoms with Crippen molar-refractivity contribution < 1.29 is 24.2 Å². The summed E-state index contributed by atoms with van der Waals surface area (Å²) in [4.78, 5) is 41.2. The van der Waals surface area contributed by atoms with Gasteiger partial charge in [0.1, 0.15) is 6.61 Å². The van der Waals surface area contributed by atoms with E-state index in [1.807, 2.05) is 41.3 Å². The highest BCUT2D eigenvalue weighted by molar-refractivity contribution is 6.31. The molecule has 0 bridgehead atoms. The highest BCUT2D eigenvalue weighted by Gasteiger charge is 2.53. The lowest BCUT2D eigenvalue weighted by Gasteiger charge is -2.54. The SMILES string of the molecule is O=C(O)CCC(=O)N(C1CC1)C1c2ccc(Cl)cc2N(C(=O)OCc2ccccc2)C2CCC21. The Bertz CT molecular complexity index is 1100. The number of carboxylic acids is 1. The van der Waals surface area contributed by atoms with Crippen LogP contribution in [0.2, 0.25) is 5.02 Å². The molecule has 0 aromatic heterocycles. The Kier molecular flexibility index (Phi) is 6.21. The molecule has 3 atom stereocenters. The minimum Gasteiger partial charge on any atom is -0.481 e. The first kappa shape index (κ1) is 22.7. The Hall–Kier alpha value is -3.06. The van der Waals surface area contributed by atoms with E-state index in [2.05, 4.69) is 0 Å². The minimum absolute atomic E-state index is 0.0223. The van der Waals surface area contributed by atoms with E-state index in [-0.39, 0.29) is 49.4 Å². The van der Waals surface area contributed by atoms with Crippen LogP contribution in [0.3, 0.4) is 0 Å². The first-order valence-electron chi connectivity index (χ1n) is 11.8. The van der Waals surface area contributed by atoms with Crippen molar-refractivity contribution in [2.75, 3.05) is 4.90 Å². The van der Waals surface area contributed by atoms with Gasteiger partial charge in [0, 0.05) is 29.4 Å². The van der Waals surface area contributed by atoms with Crippen LogP contribution in [0.1, 0.15) is 55.7 Å². The first-order valence-corrected chi connectivity index (χ1v) is 12.1. The van der Waals surface area contributed by atoms with E-state index < -0.39 is 12.1 Å². The molecule has 2 aromatic rings. The number of rotatable bonds is 7. The Morgan fingerprint density at radius 2 is 1.79 bits per heavy atom. The van der Waals surface area contributed by atoms with Crippen LogP contribution < -0.4 is 4.90 Å². The van der Waals surface area contributed by atoms with Gasteiger partial charge in [-0.1, -0.05) is 48.0 Å². The molecule has 2 aliphatic carbocycles. The number of carboxylic acid groups (broad SMARTS) is 1. The average molecular weight is 483 g/mol. The molecule has 2 amide bonds. The fourth-order valence-corrected chi connectivity index (χ4v) is 5.41. The molecule has 34 heavy (non-hydrogen) atoms. The zero-order valence-electron chi connectivity index (χ0n) is 18.7. The van der Waals surface area contributed by atoms with Gasteiger partial charge >= 0.3 is 12.1 Å². The highest BCUT2D eigenvalue weighted by atomic mass is 35.5. The zero-order valence-corrected chi connectivity index (χ0v) is 19.5. The van der Waals surface area contributed by atoms with Gasteiger partial charge in [0.15, 0.2) is 0 Å². The number of benzene rings is 2. The molecule has 2 aromatic carbocycles. The Labute approximate surface area is 203 Å². The van der Waals surface area contributed by atoms with Gasteiger partial charge in [-0.05, 0) is 48.9 Å². The topological polar surface area (TPSA) is 87.2 Å². The van der Waals surface area contributed by atoms with Crippen LogP contribution in [0.25, 0.3) is 0 Å². The molecule has 0 radical (unpaired) electrons. The maximum Gasteiger partial charge on any atom is 0.414 e. The van der Waals surface area contributed by atoms with E-state index in [1.54, 1.807) is 17.0 Å². The van der Waals surface area contributed by atoms with Gasteiger partial charge in [0.25, 0.3) is 0 Å². The van der Waals surface area contributed by atoms with Crippen LogP contribution in [0.5, 0.6) is 0 Å². The molecular formula is C26H27ClN2O5. The molecule has 2 saturated carbocycles. The lowest BCUT2D eigenvalue weighted by atomic mass is 9.68. The van der Waals surface area contributed by atoms with Gasteiger partial charge in [-0.15, -0.1) is 0 Å². The lowest BCUT2D eigenvalue weighted by Crippen LogP contribution is -2.59. The van der Waals surface area contributed by atoms with Gasteiger partial charge in [-0.3, -0.25) is 14.5 Å². The average Bonchev–Trinajstić information content (AvgIpc) is 3.63. The number of hydrogen-bond donors (Lipinski definition) is 1. The molecular weight excluding hydrogens is 456 g/mol. The lowest BCUT2D eigenvalue weighted by molar-refractivity contribution is -0.143. The van der Waals surface area contributed by atoms with Crippen molar-refractivity contribution in [3.8, 4) is 0 Å². The number of halogens is 1. The molecule has 1 aliphatic heterocycles. The zero-order chi connectivity index (χ0) is 23.8. The van der Waals surface area contributed by atoms with Gasteiger partial charge in [-0.2, -0.15) is 0 Å². The van der Waals surface area contributed by atoms with Crippen LogP contribution in [0.15, 0.2) is 48.5 Å². The van der Waals surface area contributed by atoms with Gasteiger partial charge in [0.05, 0.1) is 18.2 Å². The molecule has 5 rings (SSSR count). The van der Waals surface area contributed by atoms with Crippen molar-refractivity contribution in [1.29, 1.82) is 0 Å². The summed E-state index contributed by atoms with van der Waals surface area (Å²) in [7, 11) is 0. The number of carbonyl (C=O) groups excluding carboxylic acids is 2. The van der Waals surface area contributed by atoms with Crippen LogP contribution in [-0.2, 0) is 20.9 Å². The van der Waals surface area contributed by atoms with Crippen molar-refractivity contribution in [3.05, 3.63) is 64.7 Å². The number of nitrogens with zero attached hydrogens (tertiary/aromatic N) is 2. The Morgan fingerprint density at radius 3 is 2.44 bits per heavy atom. The van der Waals surface area contributed by atoms with E-state index in [0.717, 1.165) is 36.8 Å². The van der Waals surface area contributed by atoms with Crippen LogP contribution in [0, 0.1) is 5.92 Å². The number of anilines is 1. The quantitative estimate of drug-likeness (QED) is 0.588. The number of carbonyl (C=O) groups is 3. The van der Waals surface area contributed by atoms with Crippen LogP contribution in [0.4, 0.5) is 10.5 Å². The molecule has 178 valence electrons. The second-order valence-electron chi connectivity index (χ2n) is 9.29. The predicted octanol–water partition coefficient (Wildman–Crippen LogP) is 5.17. The van der Waals surface area contributed by atoms with Crippen molar-refractivity contribution in [1.82, 2.24) is 4.90 Å². The fraction of sp³-hybridized carbons (Fsp3) is 0.423. The van der Waals surface area contributed by atoms with E-state index in [0.29, 0.717) is 10.7 Å². The summed E-state index contributed by atoms with van der Waals surface area (Å²) in [5.41, 5.74) is 2.46. The molecule has 8 heteroatoms. The minimum atomic E-state index is -0.978. The summed E-state index contributed by atoms with van der Waals surface area (Å²) >= 11 is 6.35. The third kappa shape index (κ3) is 4.37. The summed E-state index contributed by atoms with van der Waals surface area (Å²) in [6, 6.07) is 14.8. The van der Waals surface area contributed by atoms with E-state index in [1.165, 1.54) is 0 Å². The van der Waals surface area contributed by atoms with Gasteiger partial charge in [0.2, 0.25) is 5.91 Å². The Balaban J connectivity index is 1.45. The summed E-state index contributed by atoms with van der Waals surface area (Å²) in [5.74, 6) is -1.04. The molecule has 7 nitrogen and oxygen atoms in total.